The van der Waals surface area contributed by atoms with Crippen LogP contribution in [0.3, 0.4) is 0 Å². The molecule has 3 aromatic rings. The lowest BCUT2D eigenvalue weighted by molar-refractivity contribution is -0.116. The minimum atomic E-state index is -0.197. The summed E-state index contributed by atoms with van der Waals surface area (Å²) in [4.78, 5) is 27.9. The molecule has 3 aromatic carbocycles. The van der Waals surface area contributed by atoms with Gasteiger partial charge in [0.25, 0.3) is 5.91 Å². The first-order chi connectivity index (χ1) is 14.6. The number of rotatable bonds is 6. The quantitative estimate of drug-likeness (QED) is 0.593. The number of anilines is 2. The van der Waals surface area contributed by atoms with Crippen LogP contribution in [0.5, 0.6) is 5.75 Å². The van der Waals surface area contributed by atoms with Gasteiger partial charge in [0, 0.05) is 28.4 Å². The Morgan fingerprint density at radius 2 is 1.83 bits per heavy atom. The van der Waals surface area contributed by atoms with Crippen LogP contribution in [0.25, 0.3) is 0 Å². The molecule has 0 saturated carbocycles. The van der Waals surface area contributed by atoms with Gasteiger partial charge in [0.05, 0.1) is 12.9 Å². The van der Waals surface area contributed by atoms with Crippen molar-refractivity contribution >= 4 is 35.0 Å². The highest BCUT2D eigenvalue weighted by Gasteiger charge is 2.23. The van der Waals surface area contributed by atoms with Crippen LogP contribution in [-0.4, -0.2) is 31.2 Å². The fraction of sp³-hybridized carbons (Fsp3) is 0.167. The van der Waals surface area contributed by atoms with Gasteiger partial charge < -0.3 is 15.0 Å². The Labute approximate surface area is 180 Å². The molecule has 1 aliphatic heterocycles. The molecule has 0 saturated heterocycles. The van der Waals surface area contributed by atoms with Crippen molar-refractivity contribution in [2.45, 2.75) is 11.3 Å². The first-order valence-electron chi connectivity index (χ1n) is 9.70. The zero-order valence-electron chi connectivity index (χ0n) is 16.6. The molecule has 30 heavy (non-hydrogen) atoms. The van der Waals surface area contributed by atoms with E-state index in [1.165, 1.54) is 17.3 Å². The predicted molar refractivity (Wildman–Crippen MR) is 121 cm³/mol. The molecule has 1 aliphatic rings. The lowest BCUT2D eigenvalue weighted by Crippen LogP contribution is -2.30. The van der Waals surface area contributed by atoms with E-state index < -0.39 is 0 Å². The van der Waals surface area contributed by atoms with Crippen LogP contribution >= 0.6 is 11.8 Å². The summed E-state index contributed by atoms with van der Waals surface area (Å²) < 4.78 is 5.16. The van der Waals surface area contributed by atoms with Gasteiger partial charge in [0.2, 0.25) is 5.91 Å². The van der Waals surface area contributed by atoms with Gasteiger partial charge in [-0.25, -0.2) is 0 Å². The molecular formula is C24H22N2O3S. The Morgan fingerprint density at radius 1 is 1.03 bits per heavy atom. The molecule has 6 heteroatoms. The van der Waals surface area contributed by atoms with Crippen LogP contribution in [0.2, 0.25) is 0 Å². The van der Waals surface area contributed by atoms with E-state index >= 15 is 0 Å². The summed E-state index contributed by atoms with van der Waals surface area (Å²) in [7, 11) is 1.57. The summed E-state index contributed by atoms with van der Waals surface area (Å²) in [5.74, 6) is 0.932. The molecule has 2 amide bonds. The molecule has 0 atom stereocenters. The van der Waals surface area contributed by atoms with E-state index in [9.17, 15) is 9.59 Å². The maximum atomic E-state index is 12.6. The molecule has 0 aromatic heterocycles. The van der Waals surface area contributed by atoms with Gasteiger partial charge in [-0.15, -0.1) is 11.8 Å². The van der Waals surface area contributed by atoms with Crippen molar-refractivity contribution in [1.29, 1.82) is 0 Å². The monoisotopic (exact) mass is 418 g/mol. The van der Waals surface area contributed by atoms with Crippen molar-refractivity contribution in [3.63, 3.8) is 0 Å². The smallest absolute Gasteiger partial charge is 0.255 e. The van der Waals surface area contributed by atoms with Gasteiger partial charge in [-0.05, 0) is 60.5 Å². The first kappa shape index (κ1) is 20.0. The van der Waals surface area contributed by atoms with Gasteiger partial charge in [-0.2, -0.15) is 0 Å². The average molecular weight is 419 g/mol. The number of ether oxygens (including phenoxy) is 1. The highest BCUT2D eigenvalue weighted by Crippen LogP contribution is 2.29. The molecule has 0 aliphatic carbocycles. The maximum absolute atomic E-state index is 12.6. The number of nitrogens with zero attached hydrogens (tertiary/aromatic N) is 1. The van der Waals surface area contributed by atoms with Crippen LogP contribution < -0.4 is 15.0 Å². The third-order valence-corrected chi connectivity index (χ3v) is 5.99. The van der Waals surface area contributed by atoms with E-state index in [2.05, 4.69) is 11.4 Å². The lowest BCUT2D eigenvalue weighted by Gasteiger charge is -2.17. The molecule has 0 spiro atoms. The van der Waals surface area contributed by atoms with Gasteiger partial charge in [0.15, 0.2) is 0 Å². The van der Waals surface area contributed by atoms with Crippen LogP contribution in [0.15, 0.2) is 77.7 Å². The van der Waals surface area contributed by atoms with Crippen LogP contribution in [0.4, 0.5) is 11.4 Å². The van der Waals surface area contributed by atoms with E-state index in [1.54, 1.807) is 31.4 Å². The maximum Gasteiger partial charge on any atom is 0.255 e. The molecule has 0 fully saturated rings. The summed E-state index contributed by atoms with van der Waals surface area (Å²) in [6.07, 6.45) is 0.911. The van der Waals surface area contributed by atoms with E-state index in [4.69, 9.17) is 4.74 Å². The number of hydrogen-bond acceptors (Lipinski definition) is 4. The predicted octanol–water partition coefficient (Wildman–Crippen LogP) is 4.63. The second-order valence-corrected chi connectivity index (χ2v) is 7.97. The largest absolute Gasteiger partial charge is 0.497 e. The van der Waals surface area contributed by atoms with Crippen molar-refractivity contribution in [1.82, 2.24) is 0 Å². The molecule has 4 rings (SSSR count). The number of carbonyl (C=O) groups excluding carboxylic acids is 2. The third-order valence-electron chi connectivity index (χ3n) is 4.99. The highest BCUT2D eigenvalue weighted by molar-refractivity contribution is 8.00. The van der Waals surface area contributed by atoms with E-state index in [0.29, 0.717) is 22.8 Å². The second-order valence-electron chi connectivity index (χ2n) is 6.92. The molecule has 1 heterocycles. The summed E-state index contributed by atoms with van der Waals surface area (Å²) in [6.45, 7) is 0.744. The number of hydrogen-bond donors (Lipinski definition) is 1. The van der Waals surface area contributed by atoms with Gasteiger partial charge in [-0.3, -0.25) is 9.59 Å². The van der Waals surface area contributed by atoms with Crippen LogP contribution in [0.1, 0.15) is 15.9 Å². The molecule has 0 unspecified atom stereocenters. The topological polar surface area (TPSA) is 58.6 Å². The summed E-state index contributed by atoms with van der Waals surface area (Å²) in [5.41, 5.74) is 3.49. The lowest BCUT2D eigenvalue weighted by atomic mass is 10.2. The SMILES string of the molecule is COc1cccc(C(=O)Nc2ccc(SCC(=O)N3CCc4ccccc43)cc2)c1. The molecular weight excluding hydrogens is 396 g/mol. The first-order valence-corrected chi connectivity index (χ1v) is 10.7. The Balaban J connectivity index is 1.33. The standard InChI is InChI=1S/C24H22N2O3S/c1-29-20-7-4-6-18(15-20)24(28)25-19-9-11-21(12-10-19)30-16-23(27)26-14-13-17-5-2-3-8-22(17)26/h2-12,15H,13-14,16H2,1H3,(H,25,28). The van der Waals surface area contributed by atoms with Crippen molar-refractivity contribution in [3.05, 3.63) is 83.9 Å². The zero-order valence-corrected chi connectivity index (χ0v) is 17.4. The minimum absolute atomic E-state index is 0.111. The minimum Gasteiger partial charge on any atom is -0.497 e. The van der Waals surface area contributed by atoms with Crippen molar-refractivity contribution in [2.75, 3.05) is 29.6 Å². The summed E-state index contributed by atoms with van der Waals surface area (Å²) in [6, 6.07) is 22.6. The normalized spacial score (nSPS) is 12.4. The fourth-order valence-corrected chi connectivity index (χ4v) is 4.20. The number of benzene rings is 3. The van der Waals surface area contributed by atoms with Crippen molar-refractivity contribution < 1.29 is 14.3 Å². The number of methoxy groups -OCH3 is 1. The Morgan fingerprint density at radius 3 is 2.63 bits per heavy atom. The van der Waals surface area contributed by atoms with Gasteiger partial charge >= 0.3 is 0 Å². The Hall–Kier alpha value is -3.25. The number of thioether (sulfide) groups is 1. The van der Waals surface area contributed by atoms with Crippen LogP contribution in [-0.2, 0) is 11.2 Å². The van der Waals surface area contributed by atoms with E-state index in [-0.39, 0.29) is 11.8 Å². The van der Waals surface area contributed by atoms with Gasteiger partial charge in [-0.1, -0.05) is 24.3 Å². The fourth-order valence-electron chi connectivity index (χ4n) is 3.42. The van der Waals surface area contributed by atoms with Crippen molar-refractivity contribution in [2.24, 2.45) is 0 Å². The second kappa shape index (κ2) is 9.05. The van der Waals surface area contributed by atoms with Crippen molar-refractivity contribution in [3.8, 4) is 5.75 Å². The summed E-state index contributed by atoms with van der Waals surface area (Å²) >= 11 is 1.50. The number of carbonyl (C=O) groups is 2. The molecule has 1 N–H and O–H groups in total. The van der Waals surface area contributed by atoms with E-state index in [1.807, 2.05) is 47.4 Å². The molecule has 0 radical (unpaired) electrons. The summed E-state index contributed by atoms with van der Waals surface area (Å²) in [5, 5.41) is 2.88. The zero-order chi connectivity index (χ0) is 20.9. The highest BCUT2D eigenvalue weighted by atomic mass is 32.2. The van der Waals surface area contributed by atoms with E-state index in [0.717, 1.165) is 23.5 Å². The number of nitrogens with one attached hydrogen (secondary N) is 1. The Kier molecular flexibility index (Phi) is 6.05. The number of para-hydroxylation sites is 1. The number of amides is 2. The molecule has 5 nitrogen and oxygen atoms in total. The van der Waals surface area contributed by atoms with Gasteiger partial charge in [0.1, 0.15) is 5.75 Å². The molecule has 152 valence electrons. The Bertz CT molecular complexity index is 1070. The van der Waals surface area contributed by atoms with Crippen LogP contribution in [0, 0.1) is 0 Å². The molecule has 0 bridgehead atoms. The average Bonchev–Trinajstić information content (AvgIpc) is 3.23. The number of fused-ring (bicyclic) bond motifs is 1. The third kappa shape index (κ3) is 4.49.